The van der Waals surface area contributed by atoms with E-state index in [4.69, 9.17) is 5.73 Å². The second kappa shape index (κ2) is 5.09. The van der Waals surface area contributed by atoms with Crippen LogP contribution < -0.4 is 10.5 Å². The Hall–Kier alpha value is -0.380. The van der Waals surface area contributed by atoms with Gasteiger partial charge in [0.1, 0.15) is 0 Å². The number of thioether (sulfide) groups is 1. The van der Waals surface area contributed by atoms with Gasteiger partial charge in [0.2, 0.25) is 9.47 Å². The summed E-state index contributed by atoms with van der Waals surface area (Å²) in [5, 5.41) is 7.78. The number of nitrogens with one attached hydrogen (secondary N) is 1. The van der Waals surface area contributed by atoms with Crippen molar-refractivity contribution in [1.29, 1.82) is 0 Å². The molecule has 0 saturated heterocycles. The van der Waals surface area contributed by atoms with Crippen molar-refractivity contribution < 1.29 is 8.42 Å². The highest BCUT2D eigenvalue weighted by Crippen LogP contribution is 2.29. The van der Waals surface area contributed by atoms with Crippen LogP contribution in [0.2, 0.25) is 0 Å². The molecule has 6 nitrogen and oxygen atoms in total. The Labute approximate surface area is 108 Å². The van der Waals surface area contributed by atoms with Crippen molar-refractivity contribution in [1.82, 2.24) is 14.9 Å². The zero-order valence-electron chi connectivity index (χ0n) is 9.29. The zero-order chi connectivity index (χ0) is 12.5. The summed E-state index contributed by atoms with van der Waals surface area (Å²) < 4.78 is 26.5. The Morgan fingerprint density at radius 3 is 2.76 bits per heavy atom. The molecule has 1 aromatic rings. The zero-order valence-corrected chi connectivity index (χ0v) is 11.7. The third-order valence-corrected chi connectivity index (χ3v) is 6.43. The van der Waals surface area contributed by atoms with Gasteiger partial charge in [0.15, 0.2) is 0 Å². The average molecular weight is 294 g/mol. The summed E-state index contributed by atoms with van der Waals surface area (Å²) in [4.78, 5) is 0. The van der Waals surface area contributed by atoms with Gasteiger partial charge in [-0.05, 0) is 25.5 Å². The molecule has 0 radical (unpaired) electrons. The number of aromatic nitrogens is 2. The molecule has 2 rings (SSSR count). The van der Waals surface area contributed by atoms with Gasteiger partial charge in [-0.3, -0.25) is 0 Å². The van der Waals surface area contributed by atoms with Crippen molar-refractivity contribution >= 4 is 38.3 Å². The lowest BCUT2D eigenvalue weighted by Crippen LogP contribution is -2.33. The standard InChI is InChI=1S/C8H14N4O2S3/c1-15-6-3-2-5(4-6)12-17(13,14)8-11-10-7(9)16-8/h5-6,12H,2-4H2,1H3,(H2,9,10). The fraction of sp³-hybridized carbons (Fsp3) is 0.750. The number of nitrogen functional groups attached to an aromatic ring is 1. The Morgan fingerprint density at radius 1 is 1.47 bits per heavy atom. The molecule has 0 bridgehead atoms. The molecule has 1 aliphatic rings. The van der Waals surface area contributed by atoms with Crippen molar-refractivity contribution in [3.8, 4) is 0 Å². The summed E-state index contributed by atoms with van der Waals surface area (Å²) in [5.41, 5.74) is 5.38. The summed E-state index contributed by atoms with van der Waals surface area (Å²) >= 11 is 2.67. The summed E-state index contributed by atoms with van der Waals surface area (Å²) in [7, 11) is -3.55. The minimum Gasteiger partial charge on any atom is -0.374 e. The van der Waals surface area contributed by atoms with E-state index in [-0.39, 0.29) is 15.5 Å². The van der Waals surface area contributed by atoms with Crippen LogP contribution in [0, 0.1) is 0 Å². The molecule has 1 saturated carbocycles. The fourth-order valence-electron chi connectivity index (χ4n) is 1.86. The molecule has 2 atom stereocenters. The maximum absolute atomic E-state index is 11.9. The SMILES string of the molecule is CSC1CCC(NS(=O)(=O)c2nnc(N)s2)C1. The van der Waals surface area contributed by atoms with E-state index in [1.807, 2.05) is 6.26 Å². The second-order valence-electron chi connectivity index (χ2n) is 3.90. The first kappa shape index (κ1) is 13.1. The largest absolute Gasteiger partial charge is 0.374 e. The highest BCUT2D eigenvalue weighted by Gasteiger charge is 2.29. The molecule has 1 aliphatic carbocycles. The number of nitrogens with two attached hydrogens (primary N) is 1. The highest BCUT2D eigenvalue weighted by molar-refractivity contribution is 7.99. The Balaban J connectivity index is 2.03. The van der Waals surface area contributed by atoms with Gasteiger partial charge in [0, 0.05) is 11.3 Å². The van der Waals surface area contributed by atoms with Crippen LogP contribution in [0.5, 0.6) is 0 Å². The van der Waals surface area contributed by atoms with Gasteiger partial charge < -0.3 is 5.73 Å². The maximum atomic E-state index is 11.9. The van der Waals surface area contributed by atoms with Crippen LogP contribution in [0.4, 0.5) is 5.13 Å². The lowest BCUT2D eigenvalue weighted by molar-refractivity contribution is 0.551. The smallest absolute Gasteiger partial charge is 0.270 e. The summed E-state index contributed by atoms with van der Waals surface area (Å²) in [6, 6.07) is 0.00238. The molecule has 2 unspecified atom stereocenters. The first-order valence-corrected chi connectivity index (χ1v) is 8.74. The fourth-order valence-corrected chi connectivity index (χ4v) is 4.74. The predicted molar refractivity (Wildman–Crippen MR) is 69.6 cm³/mol. The topological polar surface area (TPSA) is 98.0 Å². The van der Waals surface area contributed by atoms with Crippen molar-refractivity contribution in [2.45, 2.75) is 34.9 Å². The number of sulfonamides is 1. The van der Waals surface area contributed by atoms with Crippen LogP contribution in [0.25, 0.3) is 0 Å². The van der Waals surface area contributed by atoms with E-state index in [0.29, 0.717) is 5.25 Å². The van der Waals surface area contributed by atoms with Gasteiger partial charge in [-0.25, -0.2) is 13.1 Å². The van der Waals surface area contributed by atoms with E-state index in [2.05, 4.69) is 14.9 Å². The molecular weight excluding hydrogens is 280 g/mol. The minimum atomic E-state index is -3.55. The van der Waals surface area contributed by atoms with Crippen molar-refractivity contribution in [2.75, 3.05) is 12.0 Å². The molecule has 96 valence electrons. The third-order valence-electron chi connectivity index (χ3n) is 2.69. The van der Waals surface area contributed by atoms with Gasteiger partial charge in [-0.1, -0.05) is 11.3 Å². The Bertz CT molecular complexity index is 487. The lowest BCUT2D eigenvalue weighted by atomic mass is 10.3. The maximum Gasteiger partial charge on any atom is 0.270 e. The molecule has 0 aliphatic heterocycles. The lowest BCUT2D eigenvalue weighted by Gasteiger charge is -2.11. The monoisotopic (exact) mass is 294 g/mol. The molecule has 9 heteroatoms. The Morgan fingerprint density at radius 2 is 2.24 bits per heavy atom. The first-order valence-electron chi connectivity index (χ1n) is 5.15. The predicted octanol–water partition coefficient (Wildman–Crippen LogP) is 0.683. The number of rotatable bonds is 4. The molecule has 0 spiro atoms. The molecular formula is C8H14N4O2S3. The third kappa shape index (κ3) is 3.09. The van der Waals surface area contributed by atoms with Gasteiger partial charge in [0.05, 0.1) is 0 Å². The van der Waals surface area contributed by atoms with E-state index in [0.717, 1.165) is 30.6 Å². The number of hydrogen-bond acceptors (Lipinski definition) is 7. The minimum absolute atomic E-state index is 0.00238. The molecule has 3 N–H and O–H groups in total. The van der Waals surface area contributed by atoms with Crippen LogP contribution in [0.15, 0.2) is 4.34 Å². The van der Waals surface area contributed by atoms with Crippen molar-refractivity contribution in [3.05, 3.63) is 0 Å². The van der Waals surface area contributed by atoms with Crippen molar-refractivity contribution in [2.24, 2.45) is 0 Å². The van der Waals surface area contributed by atoms with Crippen LogP contribution in [-0.4, -0.2) is 36.2 Å². The van der Waals surface area contributed by atoms with Crippen LogP contribution in [0.1, 0.15) is 19.3 Å². The molecule has 1 aromatic heterocycles. The van der Waals surface area contributed by atoms with E-state index in [1.54, 1.807) is 11.8 Å². The molecule has 1 heterocycles. The Kier molecular flexibility index (Phi) is 3.91. The van der Waals surface area contributed by atoms with E-state index < -0.39 is 10.0 Å². The summed E-state index contributed by atoms with van der Waals surface area (Å²) in [6.45, 7) is 0. The van der Waals surface area contributed by atoms with Crippen molar-refractivity contribution in [3.63, 3.8) is 0 Å². The number of nitrogens with zero attached hydrogens (tertiary/aromatic N) is 2. The van der Waals surface area contributed by atoms with E-state index in [9.17, 15) is 8.42 Å². The molecule has 17 heavy (non-hydrogen) atoms. The van der Waals surface area contributed by atoms with Gasteiger partial charge in [0.25, 0.3) is 10.0 Å². The summed E-state index contributed by atoms with van der Waals surface area (Å²) in [5.74, 6) is 0. The van der Waals surface area contributed by atoms with Gasteiger partial charge in [-0.15, -0.1) is 10.2 Å². The van der Waals surface area contributed by atoms with Crippen LogP contribution in [-0.2, 0) is 10.0 Å². The van der Waals surface area contributed by atoms with E-state index >= 15 is 0 Å². The second-order valence-corrected chi connectivity index (χ2v) is 7.93. The molecule has 1 fully saturated rings. The normalized spacial score (nSPS) is 25.2. The quantitative estimate of drug-likeness (QED) is 0.847. The van der Waals surface area contributed by atoms with Crippen LogP contribution >= 0.6 is 23.1 Å². The molecule has 0 amide bonds. The number of hydrogen-bond donors (Lipinski definition) is 2. The highest BCUT2D eigenvalue weighted by atomic mass is 32.2. The number of anilines is 1. The van der Waals surface area contributed by atoms with Crippen LogP contribution in [0.3, 0.4) is 0 Å². The first-order chi connectivity index (χ1) is 8.01. The van der Waals surface area contributed by atoms with E-state index in [1.165, 1.54) is 0 Å². The average Bonchev–Trinajstić information content (AvgIpc) is 2.86. The van der Waals surface area contributed by atoms with Gasteiger partial charge >= 0.3 is 0 Å². The summed E-state index contributed by atoms with van der Waals surface area (Å²) in [6.07, 6.45) is 4.84. The molecule has 0 aromatic carbocycles. The van der Waals surface area contributed by atoms with Gasteiger partial charge in [-0.2, -0.15) is 11.8 Å².